The van der Waals surface area contributed by atoms with Crippen LogP contribution in [0, 0.1) is 0 Å². The molecule has 0 saturated carbocycles. The van der Waals surface area contributed by atoms with Gasteiger partial charge in [-0.05, 0) is 62.1 Å². The van der Waals surface area contributed by atoms with Crippen LogP contribution in [0.15, 0.2) is 52.3 Å². The van der Waals surface area contributed by atoms with Crippen LogP contribution < -0.4 is 5.32 Å². The van der Waals surface area contributed by atoms with Crippen molar-refractivity contribution in [1.29, 1.82) is 0 Å². The zero-order valence-electron chi connectivity index (χ0n) is 16.6. The summed E-state index contributed by atoms with van der Waals surface area (Å²) in [7, 11) is -3.67. The molecule has 0 bridgehead atoms. The molecule has 0 aliphatic carbocycles. The zero-order valence-corrected chi connectivity index (χ0v) is 17.4. The Kier molecular flexibility index (Phi) is 6.69. The number of unbranched alkanes of at least 4 members (excludes halogenated alkanes) is 1. The topological polar surface area (TPSA) is 66.4 Å². The van der Waals surface area contributed by atoms with Crippen LogP contribution in [-0.2, 0) is 22.4 Å². The molecule has 1 aliphatic heterocycles. The Hall–Kier alpha value is -2.16. The number of hydrogen-bond donors (Lipinski definition) is 2. The SMILES string of the molecule is CC1=C(c2ccc(C(F)(F)F)cc2)c2ccc(CCCCNCCO)cc2S1(=O)=O. The number of aliphatic hydroxyl groups excluding tert-OH is 1. The number of allylic oxidation sites excluding steroid dienone is 1. The predicted octanol–water partition coefficient (Wildman–Crippen LogP) is 4.18. The normalized spacial score (nSPS) is 15.5. The monoisotopic (exact) mass is 439 g/mol. The Morgan fingerprint density at radius 3 is 2.33 bits per heavy atom. The van der Waals surface area contributed by atoms with Gasteiger partial charge in [0.1, 0.15) is 0 Å². The molecule has 0 aromatic heterocycles. The summed E-state index contributed by atoms with van der Waals surface area (Å²) in [6.45, 7) is 2.92. The van der Waals surface area contributed by atoms with Crippen molar-refractivity contribution in [2.24, 2.45) is 0 Å². The highest BCUT2D eigenvalue weighted by molar-refractivity contribution is 7.95. The fourth-order valence-electron chi connectivity index (χ4n) is 3.61. The van der Waals surface area contributed by atoms with E-state index in [1.54, 1.807) is 12.1 Å². The van der Waals surface area contributed by atoms with E-state index in [4.69, 9.17) is 5.11 Å². The molecule has 8 heteroatoms. The maximum atomic E-state index is 12.9. The molecule has 0 amide bonds. The van der Waals surface area contributed by atoms with Gasteiger partial charge in [-0.15, -0.1) is 0 Å². The molecule has 0 fully saturated rings. The van der Waals surface area contributed by atoms with Gasteiger partial charge in [0, 0.05) is 17.7 Å². The number of hydrogen-bond acceptors (Lipinski definition) is 4. The Labute approximate surface area is 174 Å². The molecule has 0 unspecified atom stereocenters. The number of aryl methyl sites for hydroxylation is 1. The summed E-state index contributed by atoms with van der Waals surface area (Å²) in [4.78, 5) is 0.369. The minimum absolute atomic E-state index is 0.0935. The molecule has 3 rings (SSSR count). The van der Waals surface area contributed by atoms with Gasteiger partial charge in [-0.3, -0.25) is 0 Å². The molecule has 2 N–H and O–H groups in total. The molecule has 162 valence electrons. The van der Waals surface area contributed by atoms with E-state index in [2.05, 4.69) is 5.32 Å². The second kappa shape index (κ2) is 8.91. The molecule has 1 heterocycles. The van der Waals surface area contributed by atoms with Crippen molar-refractivity contribution in [2.75, 3.05) is 19.7 Å². The molecule has 0 atom stereocenters. The first-order valence-electron chi connectivity index (χ1n) is 9.74. The Morgan fingerprint density at radius 1 is 1.00 bits per heavy atom. The molecular weight excluding hydrogens is 415 g/mol. The predicted molar refractivity (Wildman–Crippen MR) is 110 cm³/mol. The number of benzene rings is 2. The Balaban J connectivity index is 1.83. The first-order chi connectivity index (χ1) is 14.2. The summed E-state index contributed by atoms with van der Waals surface area (Å²) in [6.07, 6.45) is -1.95. The van der Waals surface area contributed by atoms with Gasteiger partial charge in [-0.25, -0.2) is 8.42 Å². The highest BCUT2D eigenvalue weighted by Gasteiger charge is 2.34. The average Bonchev–Trinajstić information content (AvgIpc) is 2.90. The summed E-state index contributed by atoms with van der Waals surface area (Å²) >= 11 is 0. The number of halogens is 3. The fourth-order valence-corrected chi connectivity index (χ4v) is 5.20. The molecule has 30 heavy (non-hydrogen) atoms. The van der Waals surface area contributed by atoms with Crippen molar-refractivity contribution in [3.05, 3.63) is 69.6 Å². The van der Waals surface area contributed by atoms with Gasteiger partial charge in [-0.2, -0.15) is 13.2 Å². The molecule has 2 aromatic rings. The number of nitrogens with one attached hydrogen (secondary N) is 1. The quantitative estimate of drug-likeness (QED) is 0.606. The molecule has 1 aliphatic rings. The first kappa shape index (κ1) is 22.5. The van der Waals surface area contributed by atoms with Crippen molar-refractivity contribution in [1.82, 2.24) is 5.32 Å². The van der Waals surface area contributed by atoms with Crippen LogP contribution in [0.5, 0.6) is 0 Å². The molecular formula is C22H24F3NO3S. The van der Waals surface area contributed by atoms with Gasteiger partial charge in [0.2, 0.25) is 9.84 Å². The van der Waals surface area contributed by atoms with Crippen molar-refractivity contribution < 1.29 is 26.7 Å². The van der Waals surface area contributed by atoms with Gasteiger partial charge >= 0.3 is 6.18 Å². The average molecular weight is 439 g/mol. The summed E-state index contributed by atoms with van der Waals surface area (Å²) in [6, 6.07) is 9.87. The third kappa shape index (κ3) is 4.61. The van der Waals surface area contributed by atoms with Crippen LogP contribution in [0.3, 0.4) is 0 Å². The van der Waals surface area contributed by atoms with Crippen molar-refractivity contribution in [3.63, 3.8) is 0 Å². The van der Waals surface area contributed by atoms with Gasteiger partial charge < -0.3 is 10.4 Å². The maximum Gasteiger partial charge on any atom is 0.416 e. The maximum absolute atomic E-state index is 12.9. The van der Waals surface area contributed by atoms with Crippen molar-refractivity contribution in [3.8, 4) is 0 Å². The van der Waals surface area contributed by atoms with Crippen molar-refractivity contribution >= 4 is 15.4 Å². The van der Waals surface area contributed by atoms with Crippen LogP contribution in [0.25, 0.3) is 5.57 Å². The van der Waals surface area contributed by atoms with E-state index in [0.717, 1.165) is 43.5 Å². The lowest BCUT2D eigenvalue weighted by Gasteiger charge is -2.10. The molecule has 4 nitrogen and oxygen atoms in total. The van der Waals surface area contributed by atoms with E-state index >= 15 is 0 Å². The lowest BCUT2D eigenvalue weighted by atomic mass is 9.95. The van der Waals surface area contributed by atoms with E-state index in [1.807, 2.05) is 6.07 Å². The van der Waals surface area contributed by atoms with Crippen molar-refractivity contribution in [2.45, 2.75) is 37.3 Å². The lowest BCUT2D eigenvalue weighted by Crippen LogP contribution is -2.19. The van der Waals surface area contributed by atoms with Crippen LogP contribution in [-0.4, -0.2) is 33.2 Å². The van der Waals surface area contributed by atoms with E-state index in [0.29, 0.717) is 23.2 Å². The summed E-state index contributed by atoms with van der Waals surface area (Å²) in [5.41, 5.74) is 1.57. The summed E-state index contributed by atoms with van der Waals surface area (Å²) in [5, 5.41) is 11.8. The van der Waals surface area contributed by atoms with Gasteiger partial charge in [-0.1, -0.05) is 24.3 Å². The molecule has 0 saturated heterocycles. The smallest absolute Gasteiger partial charge is 0.395 e. The first-order valence-corrected chi connectivity index (χ1v) is 11.2. The van der Waals surface area contributed by atoms with Crippen LogP contribution in [0.2, 0.25) is 0 Å². The number of fused-ring (bicyclic) bond motifs is 1. The minimum atomic E-state index is -4.44. The molecule has 0 spiro atoms. The van der Waals surface area contributed by atoms with E-state index in [-0.39, 0.29) is 16.4 Å². The second-order valence-electron chi connectivity index (χ2n) is 7.27. The molecule has 2 aromatic carbocycles. The number of rotatable bonds is 8. The standard InChI is InChI=1S/C22H24F3NO3S/c1-15-21(17-6-8-18(9-7-17)22(23,24)25)19-10-5-16(14-20(19)30(15,28)29)4-2-3-11-26-12-13-27/h5-10,14,26-27H,2-4,11-13H2,1H3. The van der Waals surface area contributed by atoms with Crippen LogP contribution in [0.4, 0.5) is 13.2 Å². The van der Waals surface area contributed by atoms with E-state index < -0.39 is 21.6 Å². The van der Waals surface area contributed by atoms with Gasteiger partial charge in [0.15, 0.2) is 0 Å². The Morgan fingerprint density at radius 2 is 1.70 bits per heavy atom. The summed E-state index contributed by atoms with van der Waals surface area (Å²) in [5.74, 6) is 0. The van der Waals surface area contributed by atoms with Crippen LogP contribution >= 0.6 is 0 Å². The minimum Gasteiger partial charge on any atom is -0.395 e. The van der Waals surface area contributed by atoms with Gasteiger partial charge in [0.25, 0.3) is 0 Å². The van der Waals surface area contributed by atoms with Crippen LogP contribution in [0.1, 0.15) is 42.0 Å². The lowest BCUT2D eigenvalue weighted by molar-refractivity contribution is -0.137. The molecule has 0 radical (unpaired) electrons. The highest BCUT2D eigenvalue weighted by Crippen LogP contribution is 2.43. The van der Waals surface area contributed by atoms with E-state index in [1.165, 1.54) is 19.1 Å². The Bertz CT molecular complexity index is 1040. The third-order valence-electron chi connectivity index (χ3n) is 5.22. The number of sulfone groups is 1. The number of alkyl halides is 3. The van der Waals surface area contributed by atoms with Gasteiger partial charge in [0.05, 0.1) is 22.0 Å². The second-order valence-corrected chi connectivity index (χ2v) is 9.33. The highest BCUT2D eigenvalue weighted by atomic mass is 32.2. The number of aliphatic hydroxyl groups is 1. The largest absolute Gasteiger partial charge is 0.416 e. The van der Waals surface area contributed by atoms with E-state index in [9.17, 15) is 21.6 Å². The fraction of sp³-hybridized carbons (Fsp3) is 0.364. The third-order valence-corrected chi connectivity index (χ3v) is 7.15. The summed E-state index contributed by atoms with van der Waals surface area (Å²) < 4.78 is 64.4. The zero-order chi connectivity index (χ0) is 21.9.